The van der Waals surface area contributed by atoms with Gasteiger partial charge in [-0.15, -0.1) is 23.5 Å². The summed E-state index contributed by atoms with van der Waals surface area (Å²) >= 11 is 3.49. The maximum atomic E-state index is 13.4. The fourth-order valence-corrected chi connectivity index (χ4v) is 9.72. The predicted molar refractivity (Wildman–Crippen MR) is 208 cm³/mol. The molecule has 0 aliphatic carbocycles. The Bertz CT molecular complexity index is 1800. The molecular weight excluding hydrogens is 649 g/mol. The van der Waals surface area contributed by atoms with Crippen LogP contribution in [0.4, 0.5) is 0 Å². The number of esters is 1. The van der Waals surface area contributed by atoms with Crippen LogP contribution in [0.15, 0.2) is 210 Å². The first-order valence-electron chi connectivity index (χ1n) is 16.6. The van der Waals surface area contributed by atoms with Gasteiger partial charge in [-0.1, -0.05) is 182 Å². The van der Waals surface area contributed by atoms with Crippen LogP contribution in [0.1, 0.15) is 43.7 Å². The zero-order chi connectivity index (χ0) is 34.2. The number of methoxy groups -OCH3 is 1. The first-order chi connectivity index (χ1) is 24.6. The van der Waals surface area contributed by atoms with E-state index in [4.69, 9.17) is 4.74 Å². The van der Waals surface area contributed by atoms with Gasteiger partial charge < -0.3 is 4.74 Å². The maximum absolute atomic E-state index is 13.4. The molecule has 0 unspecified atom stereocenters. The molecule has 244 valence electrons. The van der Waals surface area contributed by atoms with Crippen molar-refractivity contribution in [3.05, 3.63) is 239 Å². The smallest absolute Gasteiger partial charge is 0.337 e. The Morgan fingerprint density at radius 3 is 0.860 bits per heavy atom. The predicted octanol–water partition coefficient (Wildman–Crippen LogP) is 11.6. The lowest BCUT2D eigenvalue weighted by Gasteiger charge is -2.37. The molecule has 2 nitrogen and oxygen atoms in total. The van der Waals surface area contributed by atoms with Gasteiger partial charge >= 0.3 is 5.97 Å². The molecule has 7 rings (SSSR count). The first-order valence-corrected chi connectivity index (χ1v) is 18.2. The van der Waals surface area contributed by atoms with Gasteiger partial charge in [0.1, 0.15) is 0 Å². The molecule has 7 aromatic rings. The van der Waals surface area contributed by atoms with E-state index in [9.17, 15) is 4.79 Å². The van der Waals surface area contributed by atoms with Crippen molar-refractivity contribution in [1.82, 2.24) is 0 Å². The Hall–Kier alpha value is -5.29. The van der Waals surface area contributed by atoms with Crippen molar-refractivity contribution >= 4 is 29.5 Å². The fraction of sp³-hybridized carbons (Fsp3) is 0.0652. The number of rotatable bonds is 11. The maximum Gasteiger partial charge on any atom is 0.337 e. The van der Waals surface area contributed by atoms with E-state index in [-0.39, 0.29) is 5.97 Å². The third-order valence-electron chi connectivity index (χ3n) is 8.92. The standard InChI is InChI=1S/C46H36O2S2/c1-48-44(47)35-32-42(49-45(36-20-8-2-9-21-36,37-22-10-3-11-23-37)38-24-12-4-13-25-38)34-43(33-35)50-46(39-26-14-5-15-27-39,40-28-16-6-17-29-40)41-30-18-7-19-31-41/h2-34H,1H3. The van der Waals surface area contributed by atoms with E-state index < -0.39 is 9.49 Å². The van der Waals surface area contributed by atoms with E-state index in [2.05, 4.69) is 188 Å². The van der Waals surface area contributed by atoms with Crippen molar-refractivity contribution in [1.29, 1.82) is 0 Å². The molecule has 0 saturated carbocycles. The Kier molecular flexibility index (Phi) is 10.0. The summed E-state index contributed by atoms with van der Waals surface area (Å²) in [5.74, 6) is -0.372. The van der Waals surface area contributed by atoms with Gasteiger partial charge in [0.05, 0.1) is 22.2 Å². The molecule has 0 heterocycles. The SMILES string of the molecule is COC(=O)c1cc(SC(c2ccccc2)(c2ccccc2)c2ccccc2)cc(SC(c2ccccc2)(c2ccccc2)c2ccccc2)c1. The largest absolute Gasteiger partial charge is 0.465 e. The summed E-state index contributed by atoms with van der Waals surface area (Å²) in [5, 5.41) is 0. The Balaban J connectivity index is 1.47. The van der Waals surface area contributed by atoms with Crippen LogP contribution in [0.2, 0.25) is 0 Å². The number of ether oxygens (including phenoxy) is 1. The molecule has 0 radical (unpaired) electrons. The molecular formula is C46H36O2S2. The molecule has 0 spiro atoms. The van der Waals surface area contributed by atoms with E-state index in [0.29, 0.717) is 5.56 Å². The number of carbonyl (C=O) groups is 1. The van der Waals surface area contributed by atoms with Crippen LogP contribution in [0.3, 0.4) is 0 Å². The average molecular weight is 685 g/mol. The summed E-state index contributed by atoms with van der Waals surface area (Å²) in [4.78, 5) is 15.3. The minimum atomic E-state index is -0.615. The van der Waals surface area contributed by atoms with Crippen LogP contribution < -0.4 is 0 Å². The molecule has 4 heteroatoms. The Labute approximate surface area is 303 Å². The second-order valence-corrected chi connectivity index (χ2v) is 14.5. The molecule has 0 atom stereocenters. The molecule has 0 aromatic heterocycles. The van der Waals surface area contributed by atoms with Crippen LogP contribution in [0, 0.1) is 0 Å². The van der Waals surface area contributed by atoms with Gasteiger partial charge in [-0.2, -0.15) is 0 Å². The van der Waals surface area contributed by atoms with Gasteiger partial charge in [0, 0.05) is 9.79 Å². The number of hydrogen-bond acceptors (Lipinski definition) is 4. The second-order valence-electron chi connectivity index (χ2n) is 11.9. The fourth-order valence-electron chi connectivity index (χ4n) is 6.67. The Morgan fingerprint density at radius 1 is 0.400 bits per heavy atom. The minimum Gasteiger partial charge on any atom is -0.465 e. The Morgan fingerprint density at radius 2 is 0.640 bits per heavy atom. The van der Waals surface area contributed by atoms with Crippen LogP contribution in [0.5, 0.6) is 0 Å². The number of thioether (sulfide) groups is 2. The van der Waals surface area contributed by atoms with Gasteiger partial charge in [-0.3, -0.25) is 0 Å². The van der Waals surface area contributed by atoms with E-state index in [0.717, 1.165) is 43.2 Å². The highest BCUT2D eigenvalue weighted by Gasteiger charge is 2.40. The van der Waals surface area contributed by atoms with Crippen LogP contribution in [0.25, 0.3) is 0 Å². The van der Waals surface area contributed by atoms with Crippen LogP contribution in [-0.2, 0) is 14.2 Å². The topological polar surface area (TPSA) is 26.3 Å². The first kappa shape index (κ1) is 33.2. The second kappa shape index (κ2) is 15.1. The number of benzene rings is 7. The zero-order valence-electron chi connectivity index (χ0n) is 27.7. The minimum absolute atomic E-state index is 0.372. The monoisotopic (exact) mass is 684 g/mol. The zero-order valence-corrected chi connectivity index (χ0v) is 29.3. The molecule has 0 amide bonds. The summed E-state index contributed by atoms with van der Waals surface area (Å²) in [6.07, 6.45) is 0. The van der Waals surface area contributed by atoms with Crippen molar-refractivity contribution in [2.24, 2.45) is 0 Å². The number of hydrogen-bond donors (Lipinski definition) is 0. The average Bonchev–Trinajstić information content (AvgIpc) is 3.20. The van der Waals surface area contributed by atoms with Gasteiger partial charge in [0.2, 0.25) is 0 Å². The molecule has 0 bridgehead atoms. The highest BCUT2D eigenvalue weighted by atomic mass is 32.2. The normalized spacial score (nSPS) is 11.5. The van der Waals surface area contributed by atoms with Gasteiger partial charge in [-0.05, 0) is 51.6 Å². The highest BCUT2D eigenvalue weighted by molar-refractivity contribution is 8.01. The van der Waals surface area contributed by atoms with E-state index in [1.54, 1.807) is 23.5 Å². The molecule has 7 aromatic carbocycles. The van der Waals surface area contributed by atoms with Crippen LogP contribution >= 0.6 is 23.5 Å². The molecule has 0 aliphatic heterocycles. The molecule has 0 aliphatic rings. The van der Waals surface area contributed by atoms with Crippen molar-refractivity contribution in [3.63, 3.8) is 0 Å². The summed E-state index contributed by atoms with van der Waals surface area (Å²) in [5.41, 5.74) is 7.38. The third kappa shape index (κ3) is 6.53. The lowest BCUT2D eigenvalue weighted by atomic mass is 9.84. The summed E-state index contributed by atoms with van der Waals surface area (Å²) in [6.45, 7) is 0. The van der Waals surface area contributed by atoms with E-state index in [1.807, 2.05) is 12.1 Å². The van der Waals surface area contributed by atoms with Crippen molar-refractivity contribution in [2.75, 3.05) is 7.11 Å². The molecule has 0 fully saturated rings. The highest BCUT2D eigenvalue weighted by Crippen LogP contribution is 2.55. The van der Waals surface area contributed by atoms with E-state index >= 15 is 0 Å². The summed E-state index contributed by atoms with van der Waals surface area (Å²) < 4.78 is 4.13. The molecule has 0 saturated heterocycles. The summed E-state index contributed by atoms with van der Waals surface area (Å²) in [6, 6.07) is 69.9. The molecule has 50 heavy (non-hydrogen) atoms. The third-order valence-corrected chi connectivity index (χ3v) is 11.9. The van der Waals surface area contributed by atoms with E-state index in [1.165, 1.54) is 7.11 Å². The quantitative estimate of drug-likeness (QED) is 0.0770. The van der Waals surface area contributed by atoms with Crippen molar-refractivity contribution in [2.45, 2.75) is 19.3 Å². The number of carbonyl (C=O) groups excluding carboxylic acids is 1. The molecule has 0 N–H and O–H groups in total. The van der Waals surface area contributed by atoms with Gasteiger partial charge in [0.15, 0.2) is 0 Å². The summed E-state index contributed by atoms with van der Waals surface area (Å²) in [7, 11) is 1.44. The lowest BCUT2D eigenvalue weighted by molar-refractivity contribution is 0.0600. The van der Waals surface area contributed by atoms with Crippen molar-refractivity contribution in [3.8, 4) is 0 Å². The van der Waals surface area contributed by atoms with Crippen LogP contribution in [-0.4, -0.2) is 13.1 Å². The van der Waals surface area contributed by atoms with Gasteiger partial charge in [-0.25, -0.2) is 4.79 Å². The van der Waals surface area contributed by atoms with Gasteiger partial charge in [0.25, 0.3) is 0 Å². The lowest BCUT2D eigenvalue weighted by Crippen LogP contribution is -2.26. The van der Waals surface area contributed by atoms with Crippen molar-refractivity contribution < 1.29 is 9.53 Å².